The van der Waals surface area contributed by atoms with Gasteiger partial charge in [-0.3, -0.25) is 4.79 Å². The second-order valence-corrected chi connectivity index (χ2v) is 7.24. The van der Waals surface area contributed by atoms with Gasteiger partial charge in [0.2, 0.25) is 11.1 Å². The zero-order chi connectivity index (χ0) is 19.4. The van der Waals surface area contributed by atoms with Crippen molar-refractivity contribution in [3.8, 4) is 17.1 Å². The molecule has 1 saturated heterocycles. The van der Waals surface area contributed by atoms with E-state index >= 15 is 0 Å². The Kier molecular flexibility index (Phi) is 6.15. The molecule has 3 rings (SSSR count). The fourth-order valence-electron chi connectivity index (χ4n) is 3.04. The third-order valence-corrected chi connectivity index (χ3v) is 5.38. The number of rotatable bonds is 6. The molecule has 0 aliphatic carbocycles. The first-order valence-electron chi connectivity index (χ1n) is 8.63. The molecule has 1 amide bonds. The predicted octanol–water partition coefficient (Wildman–Crippen LogP) is 2.75. The van der Waals surface area contributed by atoms with Crippen molar-refractivity contribution in [2.24, 2.45) is 0 Å². The third-order valence-electron chi connectivity index (χ3n) is 4.45. The summed E-state index contributed by atoms with van der Waals surface area (Å²) in [6, 6.07) is 6.21. The fourth-order valence-corrected chi connectivity index (χ4v) is 3.78. The topological polar surface area (TPSA) is 86.3 Å². The largest absolute Gasteiger partial charge is 0.435 e. The van der Waals surface area contributed by atoms with Gasteiger partial charge in [0.25, 0.3) is 0 Å². The Labute approximate surface area is 159 Å². The summed E-state index contributed by atoms with van der Waals surface area (Å²) >= 11 is 1.23. The van der Waals surface area contributed by atoms with Crippen LogP contribution in [0.25, 0.3) is 11.4 Å². The Hall–Kier alpha value is -2.36. The number of hydrogen-bond donors (Lipinski definition) is 1. The molecule has 1 unspecified atom stereocenters. The molecule has 2 aromatic rings. The minimum absolute atomic E-state index is 0.0488. The van der Waals surface area contributed by atoms with E-state index in [1.807, 2.05) is 4.90 Å². The highest BCUT2D eigenvalue weighted by Crippen LogP contribution is 2.25. The molecule has 146 valence electrons. The Bertz CT molecular complexity index is 784. The van der Waals surface area contributed by atoms with Crippen LogP contribution in [-0.2, 0) is 4.79 Å². The summed E-state index contributed by atoms with van der Waals surface area (Å²) in [6.07, 6.45) is 3.21. The molecule has 27 heavy (non-hydrogen) atoms. The number of nitrogens with zero attached hydrogens (tertiary/aromatic N) is 4. The third kappa shape index (κ3) is 4.68. The molecule has 1 fully saturated rings. The van der Waals surface area contributed by atoms with Gasteiger partial charge >= 0.3 is 6.61 Å². The molecule has 0 radical (unpaired) electrons. The van der Waals surface area contributed by atoms with Crippen LogP contribution in [0.1, 0.15) is 26.2 Å². The Morgan fingerprint density at radius 2 is 2.07 bits per heavy atom. The van der Waals surface area contributed by atoms with Crippen LogP contribution >= 0.6 is 11.8 Å². The summed E-state index contributed by atoms with van der Waals surface area (Å²) in [4.78, 5) is 14.3. The number of ether oxygens (including phenoxy) is 1. The van der Waals surface area contributed by atoms with E-state index in [1.54, 1.807) is 12.1 Å². The number of nitrogen functional groups attached to an aromatic ring is 1. The van der Waals surface area contributed by atoms with Gasteiger partial charge in [-0.2, -0.15) is 8.78 Å². The van der Waals surface area contributed by atoms with Crippen LogP contribution in [-0.4, -0.2) is 50.6 Å². The second kappa shape index (κ2) is 8.55. The predicted molar refractivity (Wildman–Crippen MR) is 98.0 cm³/mol. The lowest BCUT2D eigenvalue weighted by atomic mass is 10.0. The quantitative estimate of drug-likeness (QED) is 0.596. The second-order valence-electron chi connectivity index (χ2n) is 6.30. The maximum Gasteiger partial charge on any atom is 0.387 e. The molecule has 0 saturated carbocycles. The first-order valence-corrected chi connectivity index (χ1v) is 9.62. The van der Waals surface area contributed by atoms with Crippen LogP contribution in [0.2, 0.25) is 0 Å². The maximum atomic E-state index is 12.4. The minimum Gasteiger partial charge on any atom is -0.435 e. The Balaban J connectivity index is 1.64. The summed E-state index contributed by atoms with van der Waals surface area (Å²) in [5.41, 5.74) is 0.606. The van der Waals surface area contributed by atoms with E-state index < -0.39 is 6.61 Å². The van der Waals surface area contributed by atoms with Crippen molar-refractivity contribution in [3.63, 3.8) is 0 Å². The number of alkyl halides is 2. The monoisotopic (exact) mass is 397 g/mol. The van der Waals surface area contributed by atoms with Crippen molar-refractivity contribution in [1.82, 2.24) is 19.8 Å². The van der Waals surface area contributed by atoms with Crippen molar-refractivity contribution in [3.05, 3.63) is 24.3 Å². The Morgan fingerprint density at radius 3 is 2.74 bits per heavy atom. The first kappa shape index (κ1) is 19.4. The van der Waals surface area contributed by atoms with E-state index in [0.29, 0.717) is 16.5 Å². The highest BCUT2D eigenvalue weighted by molar-refractivity contribution is 7.99. The molecule has 2 heterocycles. The molecule has 1 aliphatic rings. The highest BCUT2D eigenvalue weighted by atomic mass is 32.2. The number of carbonyl (C=O) groups is 1. The van der Waals surface area contributed by atoms with Crippen LogP contribution < -0.4 is 10.6 Å². The number of halogens is 2. The van der Waals surface area contributed by atoms with Crippen molar-refractivity contribution in [2.45, 2.75) is 44.0 Å². The van der Waals surface area contributed by atoms with Crippen molar-refractivity contribution in [1.29, 1.82) is 0 Å². The van der Waals surface area contributed by atoms with Gasteiger partial charge < -0.3 is 15.5 Å². The lowest BCUT2D eigenvalue weighted by molar-refractivity contribution is -0.131. The van der Waals surface area contributed by atoms with E-state index in [1.165, 1.54) is 28.6 Å². The van der Waals surface area contributed by atoms with Gasteiger partial charge in [-0.25, -0.2) is 4.68 Å². The molecule has 10 heteroatoms. The van der Waals surface area contributed by atoms with Crippen molar-refractivity contribution in [2.75, 3.05) is 18.1 Å². The standard InChI is InChI=1S/C17H21F2N5O2S/c1-11-4-2-3-9-23(11)14(25)10-27-17-22-21-15(24(17)20)12-5-7-13(8-6-12)26-16(18)19/h5-8,11,16H,2-4,9-10,20H2,1H3. The number of piperidine rings is 1. The summed E-state index contributed by atoms with van der Waals surface area (Å²) in [6.45, 7) is -0.0296. The van der Waals surface area contributed by atoms with Gasteiger partial charge in [0.1, 0.15) is 5.75 Å². The molecule has 1 aromatic heterocycles. The fraction of sp³-hybridized carbons (Fsp3) is 0.471. The average molecular weight is 397 g/mol. The molecule has 0 bridgehead atoms. The molecule has 1 atom stereocenters. The average Bonchev–Trinajstić information content (AvgIpc) is 3.01. The van der Waals surface area contributed by atoms with E-state index in [-0.39, 0.29) is 23.5 Å². The van der Waals surface area contributed by atoms with Gasteiger partial charge in [-0.1, -0.05) is 11.8 Å². The number of likely N-dealkylation sites (tertiary alicyclic amines) is 1. The number of nitrogens with two attached hydrogens (primary N) is 1. The smallest absolute Gasteiger partial charge is 0.387 e. The molecule has 2 N–H and O–H groups in total. The lowest BCUT2D eigenvalue weighted by Crippen LogP contribution is -2.43. The SMILES string of the molecule is CC1CCCCN1C(=O)CSc1nnc(-c2ccc(OC(F)F)cc2)n1N. The van der Waals surface area contributed by atoms with Crippen molar-refractivity contribution >= 4 is 17.7 Å². The molecule has 7 nitrogen and oxygen atoms in total. The van der Waals surface area contributed by atoms with Gasteiger partial charge in [0.05, 0.1) is 5.75 Å². The molecule has 1 aromatic carbocycles. The van der Waals surface area contributed by atoms with Crippen LogP contribution in [0.4, 0.5) is 8.78 Å². The highest BCUT2D eigenvalue weighted by Gasteiger charge is 2.24. The summed E-state index contributed by atoms with van der Waals surface area (Å²) in [5, 5.41) is 8.48. The minimum atomic E-state index is -2.88. The number of amides is 1. The zero-order valence-corrected chi connectivity index (χ0v) is 15.7. The number of aromatic nitrogens is 3. The molecule has 1 aliphatic heterocycles. The summed E-state index contributed by atoms with van der Waals surface area (Å²) in [7, 11) is 0. The van der Waals surface area contributed by atoms with Crippen LogP contribution in [0.5, 0.6) is 5.75 Å². The van der Waals surface area contributed by atoms with E-state index in [0.717, 1.165) is 25.8 Å². The molecule has 0 spiro atoms. The van der Waals surface area contributed by atoms with Crippen LogP contribution in [0, 0.1) is 0 Å². The number of hydrogen-bond acceptors (Lipinski definition) is 6. The number of thioether (sulfide) groups is 1. The van der Waals surface area contributed by atoms with E-state index in [4.69, 9.17) is 5.84 Å². The van der Waals surface area contributed by atoms with Gasteiger partial charge in [-0.15, -0.1) is 10.2 Å². The van der Waals surface area contributed by atoms with Crippen LogP contribution in [0.15, 0.2) is 29.4 Å². The first-order chi connectivity index (χ1) is 13.0. The van der Waals surface area contributed by atoms with Crippen LogP contribution in [0.3, 0.4) is 0 Å². The number of carbonyl (C=O) groups excluding carboxylic acids is 1. The van der Waals surface area contributed by atoms with Crippen molar-refractivity contribution < 1.29 is 18.3 Å². The maximum absolute atomic E-state index is 12.4. The summed E-state index contributed by atoms with van der Waals surface area (Å²) in [5.74, 6) is 6.76. The van der Waals surface area contributed by atoms with E-state index in [2.05, 4.69) is 21.9 Å². The number of benzene rings is 1. The van der Waals surface area contributed by atoms with Gasteiger partial charge in [0, 0.05) is 18.2 Å². The normalized spacial score (nSPS) is 17.3. The Morgan fingerprint density at radius 1 is 1.33 bits per heavy atom. The van der Waals surface area contributed by atoms with E-state index in [9.17, 15) is 13.6 Å². The zero-order valence-electron chi connectivity index (χ0n) is 14.8. The van der Waals surface area contributed by atoms with Gasteiger partial charge in [0.15, 0.2) is 5.82 Å². The summed E-state index contributed by atoms with van der Waals surface area (Å²) < 4.78 is 30.0. The molecular formula is C17H21F2N5O2S. The molecular weight excluding hydrogens is 376 g/mol. The van der Waals surface area contributed by atoms with Gasteiger partial charge in [-0.05, 0) is 50.5 Å². The lowest BCUT2D eigenvalue weighted by Gasteiger charge is -2.33.